The van der Waals surface area contributed by atoms with Crippen LogP contribution in [0.4, 0.5) is 5.69 Å². The summed E-state index contributed by atoms with van der Waals surface area (Å²) >= 11 is 1.83. The summed E-state index contributed by atoms with van der Waals surface area (Å²) in [5.41, 5.74) is 1.32. The van der Waals surface area contributed by atoms with Crippen LogP contribution in [0.25, 0.3) is 0 Å². The predicted molar refractivity (Wildman–Crippen MR) is 77.9 cm³/mol. The zero-order valence-electron chi connectivity index (χ0n) is 10.9. The van der Waals surface area contributed by atoms with Crippen LogP contribution in [0.15, 0.2) is 29.2 Å². The van der Waals surface area contributed by atoms with Crippen LogP contribution in [-0.4, -0.2) is 12.3 Å². The molecule has 94 valence electrons. The van der Waals surface area contributed by atoms with Crippen LogP contribution in [0.1, 0.15) is 39.0 Å². The Hall–Kier alpha value is -0.630. The first kappa shape index (κ1) is 12.8. The third kappa shape index (κ3) is 3.67. The van der Waals surface area contributed by atoms with Gasteiger partial charge in [-0.1, -0.05) is 31.9 Å². The van der Waals surface area contributed by atoms with E-state index in [4.69, 9.17) is 0 Å². The van der Waals surface area contributed by atoms with E-state index >= 15 is 0 Å². The van der Waals surface area contributed by atoms with E-state index in [9.17, 15) is 0 Å². The van der Waals surface area contributed by atoms with Crippen molar-refractivity contribution in [1.82, 2.24) is 0 Å². The Labute approximate surface area is 109 Å². The minimum atomic E-state index is 0.674. The molecular weight excluding hydrogens is 226 g/mol. The smallest absolute Gasteiger partial charge is 0.0480 e. The standard InChI is InChI=1S/C15H23NS/c1-12-6-5-7-13(11-10-12)16-14-8-3-4-9-15(14)17-2/h3-4,8-9,12-13,16H,5-7,10-11H2,1-2H3. The van der Waals surface area contributed by atoms with Crippen LogP contribution in [0, 0.1) is 5.92 Å². The van der Waals surface area contributed by atoms with Crippen molar-refractivity contribution in [2.45, 2.75) is 50.0 Å². The number of nitrogens with one attached hydrogen (secondary N) is 1. The summed E-state index contributed by atoms with van der Waals surface area (Å²) in [7, 11) is 0. The largest absolute Gasteiger partial charge is 0.381 e. The average Bonchev–Trinajstić information content (AvgIpc) is 2.55. The molecule has 0 spiro atoms. The summed E-state index contributed by atoms with van der Waals surface area (Å²) in [6.07, 6.45) is 8.95. The molecule has 1 fully saturated rings. The zero-order chi connectivity index (χ0) is 12.1. The molecule has 17 heavy (non-hydrogen) atoms. The SMILES string of the molecule is CSc1ccccc1NC1CCCC(C)CC1. The summed E-state index contributed by atoms with van der Waals surface area (Å²) in [6.45, 7) is 2.39. The van der Waals surface area contributed by atoms with Gasteiger partial charge in [-0.15, -0.1) is 11.8 Å². The lowest BCUT2D eigenvalue weighted by molar-refractivity contribution is 0.502. The number of benzene rings is 1. The molecule has 1 N–H and O–H groups in total. The highest BCUT2D eigenvalue weighted by Gasteiger charge is 2.16. The monoisotopic (exact) mass is 249 g/mol. The Bertz CT molecular complexity index is 351. The Balaban J connectivity index is 1.99. The van der Waals surface area contributed by atoms with Crippen LogP contribution in [-0.2, 0) is 0 Å². The maximum atomic E-state index is 3.74. The second-order valence-electron chi connectivity index (χ2n) is 5.15. The zero-order valence-corrected chi connectivity index (χ0v) is 11.7. The third-order valence-electron chi connectivity index (χ3n) is 3.72. The molecule has 1 aliphatic rings. The average molecular weight is 249 g/mol. The van der Waals surface area contributed by atoms with E-state index in [1.807, 2.05) is 11.8 Å². The summed E-state index contributed by atoms with van der Waals surface area (Å²) in [4.78, 5) is 1.37. The Kier molecular flexibility index (Phi) is 4.78. The van der Waals surface area contributed by atoms with Gasteiger partial charge in [0, 0.05) is 16.6 Å². The van der Waals surface area contributed by atoms with E-state index in [2.05, 4.69) is 42.8 Å². The highest BCUT2D eigenvalue weighted by Crippen LogP contribution is 2.29. The number of hydrogen-bond acceptors (Lipinski definition) is 2. The molecule has 0 bridgehead atoms. The van der Waals surface area contributed by atoms with Crippen LogP contribution in [0.5, 0.6) is 0 Å². The number of hydrogen-bond donors (Lipinski definition) is 1. The molecule has 1 aromatic carbocycles. The third-order valence-corrected chi connectivity index (χ3v) is 4.52. The Morgan fingerprint density at radius 3 is 2.76 bits per heavy atom. The molecule has 2 rings (SSSR count). The van der Waals surface area contributed by atoms with Gasteiger partial charge in [0.05, 0.1) is 0 Å². The Morgan fingerprint density at radius 2 is 1.94 bits per heavy atom. The highest BCUT2D eigenvalue weighted by atomic mass is 32.2. The number of rotatable bonds is 3. The van der Waals surface area contributed by atoms with Gasteiger partial charge in [-0.05, 0) is 43.6 Å². The van der Waals surface area contributed by atoms with Crippen molar-refractivity contribution < 1.29 is 0 Å². The van der Waals surface area contributed by atoms with Gasteiger partial charge in [0.25, 0.3) is 0 Å². The van der Waals surface area contributed by atoms with Gasteiger partial charge in [0.1, 0.15) is 0 Å². The van der Waals surface area contributed by atoms with Crippen molar-refractivity contribution in [3.63, 3.8) is 0 Å². The molecule has 0 amide bonds. The molecule has 1 aliphatic carbocycles. The first-order valence-electron chi connectivity index (χ1n) is 6.69. The Morgan fingerprint density at radius 1 is 1.12 bits per heavy atom. The molecule has 1 saturated carbocycles. The maximum absolute atomic E-state index is 3.74. The minimum Gasteiger partial charge on any atom is -0.381 e. The lowest BCUT2D eigenvalue weighted by Gasteiger charge is -2.19. The van der Waals surface area contributed by atoms with Crippen molar-refractivity contribution in [2.24, 2.45) is 5.92 Å². The minimum absolute atomic E-state index is 0.674. The van der Waals surface area contributed by atoms with E-state index < -0.39 is 0 Å². The highest BCUT2D eigenvalue weighted by molar-refractivity contribution is 7.98. The van der Waals surface area contributed by atoms with Crippen molar-refractivity contribution in [3.05, 3.63) is 24.3 Å². The van der Waals surface area contributed by atoms with Crippen molar-refractivity contribution in [3.8, 4) is 0 Å². The normalized spacial score (nSPS) is 25.3. The number of anilines is 1. The van der Waals surface area contributed by atoms with Crippen molar-refractivity contribution >= 4 is 17.4 Å². The first-order chi connectivity index (χ1) is 8.29. The molecule has 0 radical (unpaired) electrons. The maximum Gasteiger partial charge on any atom is 0.0480 e. The van der Waals surface area contributed by atoms with Gasteiger partial charge in [0.2, 0.25) is 0 Å². The van der Waals surface area contributed by atoms with E-state index in [1.54, 1.807) is 0 Å². The van der Waals surface area contributed by atoms with Crippen molar-refractivity contribution in [1.29, 1.82) is 0 Å². The number of thioether (sulfide) groups is 1. The topological polar surface area (TPSA) is 12.0 Å². The van der Waals surface area contributed by atoms with Crippen LogP contribution in [0.3, 0.4) is 0 Å². The predicted octanol–water partition coefficient (Wildman–Crippen LogP) is 4.79. The van der Waals surface area contributed by atoms with Gasteiger partial charge in [0.15, 0.2) is 0 Å². The quantitative estimate of drug-likeness (QED) is 0.610. The fourth-order valence-electron chi connectivity index (χ4n) is 2.62. The van der Waals surface area contributed by atoms with Crippen LogP contribution in [0.2, 0.25) is 0 Å². The fourth-order valence-corrected chi connectivity index (χ4v) is 3.18. The molecule has 0 aliphatic heterocycles. The molecule has 0 heterocycles. The summed E-state index contributed by atoms with van der Waals surface area (Å²) < 4.78 is 0. The summed E-state index contributed by atoms with van der Waals surface area (Å²) in [5.74, 6) is 0.914. The molecule has 2 heteroatoms. The van der Waals surface area contributed by atoms with E-state index in [0.29, 0.717) is 6.04 Å². The fraction of sp³-hybridized carbons (Fsp3) is 0.600. The molecule has 2 unspecified atom stereocenters. The molecule has 0 saturated heterocycles. The summed E-state index contributed by atoms with van der Waals surface area (Å²) in [6, 6.07) is 9.33. The van der Waals surface area contributed by atoms with Crippen molar-refractivity contribution in [2.75, 3.05) is 11.6 Å². The second-order valence-corrected chi connectivity index (χ2v) is 6.00. The van der Waals surface area contributed by atoms with E-state index in [1.165, 1.54) is 42.7 Å². The molecule has 1 aromatic rings. The molecule has 2 atom stereocenters. The van der Waals surface area contributed by atoms with Gasteiger partial charge >= 0.3 is 0 Å². The van der Waals surface area contributed by atoms with Crippen LogP contribution < -0.4 is 5.32 Å². The van der Waals surface area contributed by atoms with E-state index in [0.717, 1.165) is 5.92 Å². The first-order valence-corrected chi connectivity index (χ1v) is 7.91. The molecule has 1 nitrogen and oxygen atoms in total. The molecular formula is C15H23NS. The second kappa shape index (κ2) is 6.34. The number of para-hydroxylation sites is 1. The summed E-state index contributed by atoms with van der Waals surface area (Å²) in [5, 5.41) is 3.74. The lowest BCUT2D eigenvalue weighted by Crippen LogP contribution is -2.18. The van der Waals surface area contributed by atoms with Crippen LogP contribution >= 0.6 is 11.8 Å². The van der Waals surface area contributed by atoms with Gasteiger partial charge < -0.3 is 5.32 Å². The van der Waals surface area contributed by atoms with Gasteiger partial charge in [-0.2, -0.15) is 0 Å². The lowest BCUT2D eigenvalue weighted by atomic mass is 10.0. The van der Waals surface area contributed by atoms with E-state index in [-0.39, 0.29) is 0 Å². The van der Waals surface area contributed by atoms with Gasteiger partial charge in [-0.25, -0.2) is 0 Å². The molecule has 0 aromatic heterocycles. The van der Waals surface area contributed by atoms with Gasteiger partial charge in [-0.3, -0.25) is 0 Å².